The molecule has 0 aliphatic carbocycles. The number of pyridine rings is 1. The number of hydrogen-bond acceptors (Lipinski definition) is 7. The summed E-state index contributed by atoms with van der Waals surface area (Å²) in [4.78, 5) is 35.4. The molecule has 0 bridgehead atoms. The molecule has 2 unspecified atom stereocenters. The van der Waals surface area contributed by atoms with Crippen LogP contribution in [0.2, 0.25) is 5.02 Å². The third-order valence-electron chi connectivity index (χ3n) is 6.61. The maximum Gasteiger partial charge on any atom is 0.332 e. The Hall–Kier alpha value is -4.09. The van der Waals surface area contributed by atoms with Crippen molar-refractivity contribution in [1.29, 1.82) is 5.26 Å². The molecule has 2 aromatic carbocycles. The Labute approximate surface area is 245 Å². The monoisotopic (exact) mass is 590 g/mol. The van der Waals surface area contributed by atoms with Crippen molar-refractivity contribution in [2.75, 3.05) is 18.6 Å². The highest BCUT2D eigenvalue weighted by atomic mass is 35.5. The van der Waals surface area contributed by atoms with E-state index in [0.717, 1.165) is 11.0 Å². The summed E-state index contributed by atoms with van der Waals surface area (Å²) in [6, 6.07) is 8.73. The highest BCUT2D eigenvalue weighted by Crippen LogP contribution is 2.48. The largest absolute Gasteiger partial charge is 0.494 e. The SMILES string of the molecule is COc1cc(C2=CC3C(S2)C(=O)N(c2cncc4ccc(C#CC(C)(C)O)cc24)C(=O)N3CCC#N)c(Cl)cc1F. The summed E-state index contributed by atoms with van der Waals surface area (Å²) in [5, 5.41) is 20.0. The van der Waals surface area contributed by atoms with Crippen molar-refractivity contribution >= 4 is 56.7 Å². The van der Waals surface area contributed by atoms with Gasteiger partial charge in [0.25, 0.3) is 5.91 Å². The molecule has 208 valence electrons. The number of hydrogen-bond donors (Lipinski definition) is 1. The summed E-state index contributed by atoms with van der Waals surface area (Å²) in [5.41, 5.74) is 0.133. The fourth-order valence-corrected chi connectivity index (χ4v) is 6.38. The number of imide groups is 1. The molecule has 0 spiro atoms. The van der Waals surface area contributed by atoms with Crippen molar-refractivity contribution in [3.8, 4) is 23.7 Å². The second kappa shape index (κ2) is 11.1. The maximum absolute atomic E-state index is 14.2. The summed E-state index contributed by atoms with van der Waals surface area (Å²) in [6.45, 7) is 3.24. The molecule has 1 aromatic heterocycles. The average Bonchev–Trinajstić information content (AvgIpc) is 3.37. The predicted molar refractivity (Wildman–Crippen MR) is 156 cm³/mol. The number of aliphatic hydroxyl groups is 1. The lowest BCUT2D eigenvalue weighted by atomic mass is 10.0. The number of anilines is 1. The third-order valence-corrected chi connectivity index (χ3v) is 8.27. The quantitative estimate of drug-likeness (QED) is 0.398. The first-order chi connectivity index (χ1) is 19.5. The lowest BCUT2D eigenvalue weighted by Gasteiger charge is -2.41. The molecule has 0 saturated carbocycles. The van der Waals surface area contributed by atoms with Gasteiger partial charge in [-0.3, -0.25) is 9.78 Å². The molecular formula is C30H24ClFN4O4S. The number of nitriles is 1. The fraction of sp³-hybridized carbons (Fsp3) is 0.267. The molecule has 3 heterocycles. The number of thioether (sulfide) groups is 1. The molecule has 1 N–H and O–H groups in total. The molecule has 2 aliphatic heterocycles. The molecule has 2 aliphatic rings. The second-order valence-corrected chi connectivity index (χ2v) is 11.6. The van der Waals surface area contributed by atoms with Crippen LogP contribution in [0.5, 0.6) is 5.75 Å². The first kappa shape index (κ1) is 28.4. The Morgan fingerprint density at radius 2 is 2.02 bits per heavy atom. The number of carbonyl (C=O) groups is 2. The standard InChI is InChI=1S/C30H24ClFN4O4S/c1-30(2,39)8-7-17-5-6-18-15-34-16-24(19(18)11-17)36-28(37)27-23(35(29(36)38)10-4-9-33)14-26(41-27)20-12-25(40-3)22(32)13-21(20)31/h5-6,11-16,23,27,39H,4,10H2,1-3H3. The summed E-state index contributed by atoms with van der Waals surface area (Å²) >= 11 is 7.59. The van der Waals surface area contributed by atoms with Gasteiger partial charge in [-0.2, -0.15) is 5.26 Å². The lowest BCUT2D eigenvalue weighted by Crippen LogP contribution is -2.62. The Kier molecular flexibility index (Phi) is 7.67. The van der Waals surface area contributed by atoms with Crippen molar-refractivity contribution in [3.63, 3.8) is 0 Å². The van der Waals surface area contributed by atoms with E-state index in [1.54, 1.807) is 44.3 Å². The highest BCUT2D eigenvalue weighted by molar-refractivity contribution is 8.09. The number of urea groups is 1. The highest BCUT2D eigenvalue weighted by Gasteiger charge is 2.50. The number of fused-ring (bicyclic) bond motifs is 2. The molecule has 8 nitrogen and oxygen atoms in total. The van der Waals surface area contributed by atoms with E-state index < -0.39 is 34.6 Å². The number of methoxy groups -OCH3 is 1. The second-order valence-electron chi connectivity index (χ2n) is 9.99. The van der Waals surface area contributed by atoms with Crippen molar-refractivity contribution in [2.45, 2.75) is 37.2 Å². The van der Waals surface area contributed by atoms with E-state index in [2.05, 4.69) is 22.9 Å². The van der Waals surface area contributed by atoms with E-state index in [1.807, 2.05) is 0 Å². The van der Waals surface area contributed by atoms with Crippen LogP contribution in [-0.4, -0.2) is 57.5 Å². The van der Waals surface area contributed by atoms with E-state index in [4.69, 9.17) is 16.3 Å². The van der Waals surface area contributed by atoms with Gasteiger partial charge in [0.05, 0.1) is 42.5 Å². The van der Waals surface area contributed by atoms with Crippen molar-refractivity contribution in [1.82, 2.24) is 9.88 Å². The van der Waals surface area contributed by atoms with E-state index in [-0.39, 0.29) is 29.4 Å². The topological polar surface area (TPSA) is 107 Å². The molecule has 3 aromatic rings. The summed E-state index contributed by atoms with van der Waals surface area (Å²) < 4.78 is 19.3. The minimum atomic E-state index is -1.20. The lowest BCUT2D eigenvalue weighted by molar-refractivity contribution is -0.119. The zero-order valence-electron chi connectivity index (χ0n) is 22.3. The van der Waals surface area contributed by atoms with Crippen molar-refractivity contribution in [2.24, 2.45) is 0 Å². The number of amides is 3. The molecule has 0 radical (unpaired) electrons. The third kappa shape index (κ3) is 5.47. The van der Waals surface area contributed by atoms with Crippen LogP contribution in [0.15, 0.2) is 48.8 Å². The number of carbonyl (C=O) groups excluding carboxylic acids is 2. The van der Waals surface area contributed by atoms with Gasteiger partial charge in [0.1, 0.15) is 10.9 Å². The van der Waals surface area contributed by atoms with Gasteiger partial charge < -0.3 is 14.7 Å². The summed E-state index contributed by atoms with van der Waals surface area (Å²) in [5.74, 6) is 4.61. The number of halogens is 2. The molecular weight excluding hydrogens is 567 g/mol. The van der Waals surface area contributed by atoms with E-state index in [1.165, 1.54) is 36.0 Å². The molecule has 5 rings (SSSR count). The number of benzene rings is 2. The van der Waals surface area contributed by atoms with E-state index >= 15 is 0 Å². The van der Waals surface area contributed by atoms with Gasteiger partial charge in [-0.05, 0) is 44.2 Å². The van der Waals surface area contributed by atoms with Gasteiger partial charge in [-0.15, -0.1) is 11.8 Å². The van der Waals surface area contributed by atoms with Crippen LogP contribution in [0, 0.1) is 29.0 Å². The van der Waals surface area contributed by atoms with Crippen molar-refractivity contribution < 1.29 is 23.8 Å². The van der Waals surface area contributed by atoms with Gasteiger partial charge in [0.2, 0.25) is 0 Å². The number of rotatable bonds is 5. The van der Waals surface area contributed by atoms with Crippen LogP contribution in [-0.2, 0) is 4.79 Å². The van der Waals surface area contributed by atoms with Crippen LogP contribution in [0.3, 0.4) is 0 Å². The molecule has 2 atom stereocenters. The zero-order chi connectivity index (χ0) is 29.5. The summed E-state index contributed by atoms with van der Waals surface area (Å²) in [7, 11) is 1.34. The van der Waals surface area contributed by atoms with Gasteiger partial charge in [0.15, 0.2) is 11.6 Å². The molecule has 3 amide bonds. The average molecular weight is 591 g/mol. The molecule has 1 fully saturated rings. The van der Waals surface area contributed by atoms with Gasteiger partial charge in [-0.25, -0.2) is 14.1 Å². The van der Waals surface area contributed by atoms with Crippen LogP contribution in [0.1, 0.15) is 31.4 Å². The van der Waals surface area contributed by atoms with Crippen LogP contribution < -0.4 is 9.64 Å². The molecule has 41 heavy (non-hydrogen) atoms. The molecule has 1 saturated heterocycles. The Bertz CT molecular complexity index is 1720. The Balaban J connectivity index is 1.59. The normalized spacial score (nSPS) is 18.5. The Morgan fingerprint density at radius 1 is 1.24 bits per heavy atom. The van der Waals surface area contributed by atoms with Crippen LogP contribution in [0.4, 0.5) is 14.9 Å². The van der Waals surface area contributed by atoms with Gasteiger partial charge >= 0.3 is 6.03 Å². The van der Waals surface area contributed by atoms with Gasteiger partial charge in [-0.1, -0.05) is 29.5 Å². The van der Waals surface area contributed by atoms with Crippen LogP contribution >= 0.6 is 23.4 Å². The van der Waals surface area contributed by atoms with Crippen LogP contribution in [0.25, 0.3) is 15.7 Å². The van der Waals surface area contributed by atoms with Gasteiger partial charge in [0, 0.05) is 39.5 Å². The minimum absolute atomic E-state index is 0.00328. The number of nitrogens with zero attached hydrogens (tertiary/aromatic N) is 4. The first-order valence-electron chi connectivity index (χ1n) is 12.6. The van der Waals surface area contributed by atoms with Crippen molar-refractivity contribution in [3.05, 3.63) is 70.8 Å². The maximum atomic E-state index is 14.2. The zero-order valence-corrected chi connectivity index (χ0v) is 23.9. The smallest absolute Gasteiger partial charge is 0.332 e. The summed E-state index contributed by atoms with van der Waals surface area (Å²) in [6.07, 6.45) is 4.88. The fourth-order valence-electron chi connectivity index (χ4n) is 4.71. The predicted octanol–water partition coefficient (Wildman–Crippen LogP) is 5.37. The number of aromatic nitrogens is 1. The minimum Gasteiger partial charge on any atom is -0.494 e. The van der Waals surface area contributed by atoms with E-state index in [9.17, 15) is 24.3 Å². The Morgan fingerprint density at radius 3 is 2.73 bits per heavy atom. The first-order valence-corrected chi connectivity index (χ1v) is 13.8. The number of ether oxygens (including phenoxy) is 1. The van der Waals surface area contributed by atoms with E-state index in [0.29, 0.717) is 26.8 Å². The molecule has 11 heteroatoms.